The van der Waals surface area contributed by atoms with Gasteiger partial charge in [0.15, 0.2) is 0 Å². The Hall–Kier alpha value is -3.19. The number of ether oxygens (including phenoxy) is 1. The lowest BCUT2D eigenvalue weighted by atomic mass is 10.1. The van der Waals surface area contributed by atoms with Crippen LogP contribution in [0, 0.1) is 0 Å². The standard InChI is InChI=1S/C21H19N3O3S/c1-2-27-17-7-4-13(5-8-17)21-24-16(12-28-21)10-19(25)23-15-6-3-14-11-22-20(26)18(14)9-15/h3-9,12H,2,10-11H2,1H3,(H,22,26)(H,23,25). The van der Waals surface area contributed by atoms with E-state index in [0.717, 1.165) is 21.9 Å². The number of thiazole rings is 1. The normalized spacial score (nSPS) is 12.4. The maximum absolute atomic E-state index is 12.4. The van der Waals surface area contributed by atoms with Crippen LogP contribution >= 0.6 is 11.3 Å². The van der Waals surface area contributed by atoms with Crippen molar-refractivity contribution in [3.63, 3.8) is 0 Å². The van der Waals surface area contributed by atoms with Gasteiger partial charge in [-0.2, -0.15) is 0 Å². The fourth-order valence-electron chi connectivity index (χ4n) is 3.04. The van der Waals surface area contributed by atoms with Gasteiger partial charge in [-0.15, -0.1) is 11.3 Å². The summed E-state index contributed by atoms with van der Waals surface area (Å²) in [6, 6.07) is 13.1. The predicted molar refractivity (Wildman–Crippen MR) is 109 cm³/mol. The number of fused-ring (bicyclic) bond motifs is 1. The highest BCUT2D eigenvalue weighted by molar-refractivity contribution is 7.13. The molecule has 1 aromatic heterocycles. The molecule has 0 fully saturated rings. The van der Waals surface area contributed by atoms with E-state index >= 15 is 0 Å². The van der Waals surface area contributed by atoms with Crippen LogP contribution < -0.4 is 15.4 Å². The summed E-state index contributed by atoms with van der Waals surface area (Å²) < 4.78 is 5.45. The number of hydrogen-bond acceptors (Lipinski definition) is 5. The van der Waals surface area contributed by atoms with Crippen LogP contribution in [-0.2, 0) is 17.8 Å². The maximum atomic E-state index is 12.4. The summed E-state index contributed by atoms with van der Waals surface area (Å²) in [6.07, 6.45) is 0.177. The van der Waals surface area contributed by atoms with Crippen LogP contribution in [0.15, 0.2) is 47.8 Å². The number of carbonyl (C=O) groups excluding carboxylic acids is 2. The minimum atomic E-state index is -0.165. The van der Waals surface area contributed by atoms with Crippen molar-refractivity contribution in [1.29, 1.82) is 0 Å². The van der Waals surface area contributed by atoms with E-state index in [-0.39, 0.29) is 18.2 Å². The van der Waals surface area contributed by atoms with Gasteiger partial charge in [-0.05, 0) is 48.9 Å². The molecule has 0 spiro atoms. The molecule has 142 valence electrons. The first kappa shape index (κ1) is 18.2. The number of amides is 2. The van der Waals surface area contributed by atoms with E-state index in [4.69, 9.17) is 4.74 Å². The van der Waals surface area contributed by atoms with Crippen molar-refractivity contribution < 1.29 is 14.3 Å². The second-order valence-electron chi connectivity index (χ2n) is 6.38. The fourth-order valence-corrected chi connectivity index (χ4v) is 3.87. The van der Waals surface area contributed by atoms with E-state index in [1.54, 1.807) is 6.07 Å². The predicted octanol–water partition coefficient (Wildman–Crippen LogP) is 3.63. The molecular weight excluding hydrogens is 374 g/mol. The summed E-state index contributed by atoms with van der Waals surface area (Å²) in [5.41, 5.74) is 3.88. The fraction of sp³-hybridized carbons (Fsp3) is 0.190. The number of nitrogens with zero attached hydrogens (tertiary/aromatic N) is 1. The zero-order valence-electron chi connectivity index (χ0n) is 15.3. The Morgan fingerprint density at radius 3 is 2.86 bits per heavy atom. The van der Waals surface area contributed by atoms with Crippen LogP contribution in [0.3, 0.4) is 0 Å². The van der Waals surface area contributed by atoms with Crippen molar-refractivity contribution in [2.75, 3.05) is 11.9 Å². The van der Waals surface area contributed by atoms with E-state index in [0.29, 0.717) is 30.1 Å². The Kier molecular flexibility index (Phi) is 5.08. The van der Waals surface area contributed by atoms with Gasteiger partial charge in [-0.1, -0.05) is 6.07 Å². The highest BCUT2D eigenvalue weighted by Crippen LogP contribution is 2.26. The van der Waals surface area contributed by atoms with Crippen LogP contribution in [0.25, 0.3) is 10.6 Å². The maximum Gasteiger partial charge on any atom is 0.251 e. The van der Waals surface area contributed by atoms with Gasteiger partial charge in [0.1, 0.15) is 10.8 Å². The summed E-state index contributed by atoms with van der Waals surface area (Å²) in [5.74, 6) is 0.554. The van der Waals surface area contributed by atoms with Gasteiger partial charge in [0, 0.05) is 28.7 Å². The highest BCUT2D eigenvalue weighted by atomic mass is 32.1. The second-order valence-corrected chi connectivity index (χ2v) is 7.24. The minimum Gasteiger partial charge on any atom is -0.494 e. The summed E-state index contributed by atoms with van der Waals surface area (Å²) in [4.78, 5) is 28.7. The van der Waals surface area contributed by atoms with Gasteiger partial charge in [0.05, 0.1) is 18.7 Å². The summed E-state index contributed by atoms with van der Waals surface area (Å²) in [6.45, 7) is 3.11. The van der Waals surface area contributed by atoms with Crippen molar-refractivity contribution >= 4 is 28.8 Å². The molecule has 0 unspecified atom stereocenters. The molecule has 1 aliphatic heterocycles. The number of hydrogen-bond donors (Lipinski definition) is 2. The molecule has 3 aromatic rings. The molecule has 0 bridgehead atoms. The first-order chi connectivity index (χ1) is 13.6. The summed E-state index contributed by atoms with van der Waals surface area (Å²) in [7, 11) is 0. The molecule has 4 rings (SSSR count). The van der Waals surface area contributed by atoms with Gasteiger partial charge in [0.25, 0.3) is 5.91 Å². The average Bonchev–Trinajstić information content (AvgIpc) is 3.30. The van der Waals surface area contributed by atoms with E-state index in [9.17, 15) is 9.59 Å². The molecule has 2 heterocycles. The molecular formula is C21H19N3O3S. The van der Waals surface area contributed by atoms with Crippen LogP contribution in [0.5, 0.6) is 5.75 Å². The first-order valence-corrected chi connectivity index (χ1v) is 9.89. The number of rotatable bonds is 6. The molecule has 0 radical (unpaired) electrons. The Morgan fingerprint density at radius 1 is 1.25 bits per heavy atom. The number of anilines is 1. The number of nitrogens with one attached hydrogen (secondary N) is 2. The smallest absolute Gasteiger partial charge is 0.251 e. The van der Waals surface area contributed by atoms with Crippen molar-refractivity contribution in [2.24, 2.45) is 0 Å². The molecule has 1 aliphatic rings. The average molecular weight is 393 g/mol. The summed E-state index contributed by atoms with van der Waals surface area (Å²) in [5, 5.41) is 8.36. The van der Waals surface area contributed by atoms with E-state index in [2.05, 4.69) is 15.6 Å². The SMILES string of the molecule is CCOc1ccc(-c2nc(CC(=O)Nc3ccc4c(c3)C(=O)NC4)cs2)cc1. The Bertz CT molecular complexity index is 1030. The molecule has 0 saturated heterocycles. The molecule has 2 N–H and O–H groups in total. The highest BCUT2D eigenvalue weighted by Gasteiger charge is 2.19. The quantitative estimate of drug-likeness (QED) is 0.670. The minimum absolute atomic E-state index is 0.106. The van der Waals surface area contributed by atoms with E-state index < -0.39 is 0 Å². The van der Waals surface area contributed by atoms with Crippen LogP contribution in [0.4, 0.5) is 5.69 Å². The van der Waals surface area contributed by atoms with Crippen molar-refractivity contribution in [3.8, 4) is 16.3 Å². The number of carbonyl (C=O) groups is 2. The molecule has 6 nitrogen and oxygen atoms in total. The van der Waals surface area contributed by atoms with Crippen LogP contribution in [0.1, 0.15) is 28.5 Å². The van der Waals surface area contributed by atoms with Crippen molar-refractivity contribution in [1.82, 2.24) is 10.3 Å². The first-order valence-electron chi connectivity index (χ1n) is 9.01. The monoisotopic (exact) mass is 393 g/mol. The van der Waals surface area contributed by atoms with Crippen molar-refractivity contribution in [3.05, 3.63) is 64.7 Å². The molecule has 28 heavy (non-hydrogen) atoms. The topological polar surface area (TPSA) is 80.3 Å². The van der Waals surface area contributed by atoms with Crippen molar-refractivity contribution in [2.45, 2.75) is 19.9 Å². The third kappa shape index (κ3) is 3.89. The Morgan fingerprint density at radius 2 is 2.07 bits per heavy atom. The van der Waals surface area contributed by atoms with E-state index in [1.807, 2.05) is 48.7 Å². The lowest BCUT2D eigenvalue weighted by molar-refractivity contribution is -0.115. The number of benzene rings is 2. The molecule has 2 aromatic carbocycles. The molecule has 2 amide bonds. The Labute approximate surface area is 166 Å². The van der Waals surface area contributed by atoms with Crippen LogP contribution in [-0.4, -0.2) is 23.4 Å². The molecule has 0 aliphatic carbocycles. The van der Waals surface area contributed by atoms with Gasteiger partial charge in [-0.3, -0.25) is 9.59 Å². The van der Waals surface area contributed by atoms with Crippen LogP contribution in [0.2, 0.25) is 0 Å². The second kappa shape index (κ2) is 7.82. The summed E-state index contributed by atoms with van der Waals surface area (Å²) >= 11 is 1.50. The zero-order chi connectivity index (χ0) is 19.5. The molecule has 0 saturated carbocycles. The third-order valence-corrected chi connectivity index (χ3v) is 5.32. The van der Waals surface area contributed by atoms with Gasteiger partial charge in [-0.25, -0.2) is 4.98 Å². The lowest BCUT2D eigenvalue weighted by Crippen LogP contribution is -2.15. The molecule has 0 atom stereocenters. The van der Waals surface area contributed by atoms with Gasteiger partial charge < -0.3 is 15.4 Å². The van der Waals surface area contributed by atoms with Gasteiger partial charge in [0.2, 0.25) is 5.91 Å². The van der Waals surface area contributed by atoms with E-state index in [1.165, 1.54) is 11.3 Å². The lowest BCUT2D eigenvalue weighted by Gasteiger charge is -2.05. The van der Waals surface area contributed by atoms with Gasteiger partial charge >= 0.3 is 0 Å². The largest absolute Gasteiger partial charge is 0.494 e. The zero-order valence-corrected chi connectivity index (χ0v) is 16.1. The Balaban J connectivity index is 1.40. The molecule has 7 heteroatoms. The third-order valence-electron chi connectivity index (χ3n) is 4.38. The number of aromatic nitrogens is 1.